The summed E-state index contributed by atoms with van der Waals surface area (Å²) in [6.45, 7) is 0. The molecule has 0 aliphatic carbocycles. The summed E-state index contributed by atoms with van der Waals surface area (Å²) < 4.78 is 0. The van der Waals surface area contributed by atoms with E-state index in [4.69, 9.17) is 9.97 Å². The number of pyridine rings is 2. The maximum absolute atomic E-state index is 5.20. The van der Waals surface area contributed by atoms with Gasteiger partial charge in [0.05, 0.1) is 28.6 Å². The van der Waals surface area contributed by atoms with E-state index in [-0.39, 0.29) is 0 Å². The van der Waals surface area contributed by atoms with Crippen LogP contribution in [0.2, 0.25) is 0 Å². The van der Waals surface area contributed by atoms with Crippen molar-refractivity contribution in [2.24, 2.45) is 0 Å². The third kappa shape index (κ3) is 3.71. The predicted molar refractivity (Wildman–Crippen MR) is 181 cm³/mol. The minimum atomic E-state index is 0.871. The molecule has 0 radical (unpaired) electrons. The minimum Gasteiger partial charge on any atom is -0.261 e. The van der Waals surface area contributed by atoms with E-state index in [0.717, 1.165) is 60.5 Å². The normalized spacial score (nSPS) is 11.6. The molecule has 0 aliphatic heterocycles. The molecule has 0 atom stereocenters. The number of benzene rings is 6. The number of hydrogen-bond donors (Lipinski definition) is 0. The van der Waals surface area contributed by atoms with Crippen LogP contribution in [0.4, 0.5) is 0 Å². The maximum atomic E-state index is 5.20. The fourth-order valence-corrected chi connectivity index (χ4v) is 6.74. The summed E-state index contributed by atoms with van der Waals surface area (Å²) >= 11 is 0. The monoisotopic (exact) mass is 560 g/mol. The zero-order valence-corrected chi connectivity index (χ0v) is 23.6. The molecule has 0 unspecified atom stereocenters. The molecular weight excluding hydrogens is 536 g/mol. The zero-order valence-electron chi connectivity index (χ0n) is 23.6. The van der Waals surface area contributed by atoms with Gasteiger partial charge in [-0.15, -0.1) is 0 Å². The molecule has 4 nitrogen and oxygen atoms in total. The molecular formula is C40H24N4. The molecule has 3 aromatic heterocycles. The van der Waals surface area contributed by atoms with Crippen molar-refractivity contribution in [2.75, 3.05) is 0 Å². The van der Waals surface area contributed by atoms with E-state index < -0.39 is 0 Å². The number of hydrogen-bond acceptors (Lipinski definition) is 4. The number of rotatable bonds is 3. The molecule has 0 amide bonds. The van der Waals surface area contributed by atoms with E-state index in [1.54, 1.807) is 12.4 Å². The second kappa shape index (κ2) is 9.79. The highest BCUT2D eigenvalue weighted by molar-refractivity contribution is 6.23. The van der Waals surface area contributed by atoms with Crippen molar-refractivity contribution in [3.63, 3.8) is 0 Å². The Bertz CT molecular complexity index is 2500. The van der Waals surface area contributed by atoms with Gasteiger partial charge >= 0.3 is 0 Å². The minimum absolute atomic E-state index is 0.871. The average molecular weight is 561 g/mol. The second-order valence-electron chi connectivity index (χ2n) is 11.0. The van der Waals surface area contributed by atoms with Crippen molar-refractivity contribution in [3.05, 3.63) is 146 Å². The smallest absolute Gasteiger partial charge is 0.0972 e. The Morgan fingerprint density at radius 1 is 0.364 bits per heavy atom. The molecule has 0 saturated heterocycles. The Hall–Kier alpha value is -6.00. The summed E-state index contributed by atoms with van der Waals surface area (Å²) in [4.78, 5) is 19.0. The van der Waals surface area contributed by atoms with Crippen molar-refractivity contribution in [1.29, 1.82) is 0 Å². The summed E-state index contributed by atoms with van der Waals surface area (Å²) in [6, 6.07) is 43.0. The molecule has 0 spiro atoms. The van der Waals surface area contributed by atoms with Crippen LogP contribution >= 0.6 is 0 Å². The highest BCUT2D eigenvalue weighted by atomic mass is 14.8. The molecule has 9 rings (SSSR count). The van der Waals surface area contributed by atoms with Crippen LogP contribution in [-0.4, -0.2) is 19.9 Å². The lowest BCUT2D eigenvalue weighted by molar-refractivity contribution is 1.21. The molecule has 0 saturated carbocycles. The summed E-state index contributed by atoms with van der Waals surface area (Å²) in [6.07, 6.45) is 7.18. The number of nitrogens with zero attached hydrogens (tertiary/aromatic N) is 4. The maximum Gasteiger partial charge on any atom is 0.0972 e. The summed E-state index contributed by atoms with van der Waals surface area (Å²) in [5.41, 5.74) is 8.27. The van der Waals surface area contributed by atoms with Crippen LogP contribution in [0.15, 0.2) is 146 Å². The van der Waals surface area contributed by atoms with E-state index in [0.29, 0.717) is 0 Å². The molecule has 3 heterocycles. The molecule has 6 aromatic carbocycles. The third-order valence-corrected chi connectivity index (χ3v) is 8.65. The Balaban J connectivity index is 1.34. The van der Waals surface area contributed by atoms with Crippen LogP contribution in [0.3, 0.4) is 0 Å². The Morgan fingerprint density at radius 2 is 0.955 bits per heavy atom. The average Bonchev–Trinajstić information content (AvgIpc) is 3.10. The first-order chi connectivity index (χ1) is 21.8. The topological polar surface area (TPSA) is 51.6 Å². The zero-order chi connectivity index (χ0) is 29.0. The molecule has 0 aliphatic rings. The third-order valence-electron chi connectivity index (χ3n) is 8.65. The van der Waals surface area contributed by atoms with Crippen molar-refractivity contribution < 1.29 is 0 Å². The second-order valence-corrected chi connectivity index (χ2v) is 11.0. The van der Waals surface area contributed by atoms with Gasteiger partial charge < -0.3 is 0 Å². The van der Waals surface area contributed by atoms with Crippen LogP contribution in [0.5, 0.6) is 0 Å². The fraction of sp³-hybridized carbons (Fsp3) is 0. The van der Waals surface area contributed by atoms with E-state index in [2.05, 4.69) is 125 Å². The standard InChI is InChI=1S/C40H24N4/c1-2-10-28-27(9-1)29(35-20-17-26-16-15-25-8-7-21-43-39(25)40(26)44-35)18-19-34(28)37-30-11-3-5-13-32(30)38(36-24-41-22-23-42-36)33-14-6-4-12-31(33)37/h1-24H. The largest absolute Gasteiger partial charge is 0.261 e. The van der Waals surface area contributed by atoms with Gasteiger partial charge in [0.15, 0.2) is 0 Å². The quantitative estimate of drug-likeness (QED) is 0.159. The molecule has 0 fully saturated rings. The highest BCUT2D eigenvalue weighted by Crippen LogP contribution is 2.45. The first-order valence-electron chi connectivity index (χ1n) is 14.7. The Morgan fingerprint density at radius 3 is 1.64 bits per heavy atom. The van der Waals surface area contributed by atoms with Crippen LogP contribution in [0.25, 0.3) is 87.8 Å². The van der Waals surface area contributed by atoms with Crippen molar-refractivity contribution in [1.82, 2.24) is 19.9 Å². The van der Waals surface area contributed by atoms with E-state index in [9.17, 15) is 0 Å². The van der Waals surface area contributed by atoms with Crippen LogP contribution in [0.1, 0.15) is 0 Å². The first-order valence-corrected chi connectivity index (χ1v) is 14.7. The van der Waals surface area contributed by atoms with E-state index >= 15 is 0 Å². The molecule has 4 heteroatoms. The molecule has 204 valence electrons. The highest BCUT2D eigenvalue weighted by Gasteiger charge is 2.19. The Kier molecular flexibility index (Phi) is 5.47. The van der Waals surface area contributed by atoms with Gasteiger partial charge in [0.2, 0.25) is 0 Å². The SMILES string of the molecule is c1cnc2c(c1)ccc1ccc(-c3ccc(-c4c5ccccc5c(-c5cnccn5)c5ccccc45)c4ccccc34)nc12. The number of fused-ring (bicyclic) bond motifs is 6. The van der Waals surface area contributed by atoms with Gasteiger partial charge in [-0.25, -0.2) is 4.98 Å². The molecule has 44 heavy (non-hydrogen) atoms. The van der Waals surface area contributed by atoms with Gasteiger partial charge in [-0.05, 0) is 55.6 Å². The summed E-state index contributed by atoms with van der Waals surface area (Å²) in [7, 11) is 0. The van der Waals surface area contributed by atoms with Gasteiger partial charge in [0.1, 0.15) is 0 Å². The van der Waals surface area contributed by atoms with Gasteiger partial charge in [0, 0.05) is 40.5 Å². The lowest BCUT2D eigenvalue weighted by Gasteiger charge is -2.19. The van der Waals surface area contributed by atoms with Gasteiger partial charge in [0.25, 0.3) is 0 Å². The van der Waals surface area contributed by atoms with Gasteiger partial charge in [-0.1, -0.05) is 109 Å². The van der Waals surface area contributed by atoms with Gasteiger partial charge in [-0.2, -0.15) is 0 Å². The van der Waals surface area contributed by atoms with Crippen molar-refractivity contribution >= 4 is 54.1 Å². The van der Waals surface area contributed by atoms with Crippen LogP contribution in [0, 0.1) is 0 Å². The van der Waals surface area contributed by atoms with E-state index in [1.807, 2.05) is 18.5 Å². The predicted octanol–water partition coefficient (Wildman–Crippen LogP) is 10.0. The van der Waals surface area contributed by atoms with E-state index in [1.165, 1.54) is 27.3 Å². The molecule has 0 bridgehead atoms. The summed E-state index contributed by atoms with van der Waals surface area (Å²) in [5, 5.41) is 9.21. The summed E-state index contributed by atoms with van der Waals surface area (Å²) in [5.74, 6) is 0. The molecule has 9 aromatic rings. The Labute approximate surface area is 253 Å². The fourth-order valence-electron chi connectivity index (χ4n) is 6.74. The number of aromatic nitrogens is 4. The van der Waals surface area contributed by atoms with Gasteiger partial charge in [-0.3, -0.25) is 15.0 Å². The first kappa shape index (κ1) is 24.6. The van der Waals surface area contributed by atoms with Crippen molar-refractivity contribution in [3.8, 4) is 33.6 Å². The lowest BCUT2D eigenvalue weighted by Crippen LogP contribution is -1.94. The van der Waals surface area contributed by atoms with Crippen molar-refractivity contribution in [2.45, 2.75) is 0 Å². The van der Waals surface area contributed by atoms with Crippen LogP contribution < -0.4 is 0 Å². The lowest BCUT2D eigenvalue weighted by atomic mass is 9.85. The molecule has 0 N–H and O–H groups in total. The van der Waals surface area contributed by atoms with Crippen LogP contribution in [-0.2, 0) is 0 Å².